The van der Waals surface area contributed by atoms with E-state index in [1.165, 1.54) is 17.2 Å². The monoisotopic (exact) mass is 434 g/mol. The first kappa shape index (κ1) is 21.5. The fraction of sp³-hybridized carbons (Fsp3) is 0.538. The number of nitrogen functional groups attached to an aromatic ring is 1. The number of imidazole rings is 1. The van der Waals surface area contributed by atoms with Crippen molar-refractivity contribution in [1.29, 1.82) is 0 Å². The van der Waals surface area contributed by atoms with Gasteiger partial charge in [-0.25, -0.2) is 19.5 Å². The Bertz CT molecular complexity index is 935. The Morgan fingerprint density at radius 2 is 2.07 bits per heavy atom. The number of aliphatic hydroxyl groups is 2. The zero-order chi connectivity index (χ0) is 21.3. The number of rotatable bonds is 8. The van der Waals surface area contributed by atoms with Crippen LogP contribution < -0.4 is 11.1 Å². The Kier molecular flexibility index (Phi) is 6.11. The summed E-state index contributed by atoms with van der Waals surface area (Å²) in [6, 6.07) is -1.49. The fourth-order valence-electron chi connectivity index (χ4n) is 2.83. The first-order valence-corrected chi connectivity index (χ1v) is 9.72. The average molecular weight is 434 g/mol. The zero-order valence-electron chi connectivity index (χ0n) is 14.6. The molecule has 0 spiro atoms. The van der Waals surface area contributed by atoms with Gasteiger partial charge in [0.15, 0.2) is 17.7 Å². The standard InChI is InChI=1S/C13H19N6O9P/c14-10-7-11(17-3-16-10)19(4-18-7)12-9(21)8(20)6(28-12)1-15-5(13(22)23)2-27-29(24,25)26/h3-6,8-9,12,15,20-21H,1-2H2,(H,22,23)(H2,14,16,17)(H2,24,25,26)/t5-,6+,8+,9+,12+/m0/s1. The summed E-state index contributed by atoms with van der Waals surface area (Å²) in [5.41, 5.74) is 6.26. The van der Waals surface area contributed by atoms with Crippen molar-refractivity contribution in [3.8, 4) is 0 Å². The van der Waals surface area contributed by atoms with Crippen molar-refractivity contribution in [2.75, 3.05) is 18.9 Å². The minimum Gasteiger partial charge on any atom is -0.480 e. The third-order valence-electron chi connectivity index (χ3n) is 4.27. The Hall–Kier alpha value is -2.23. The lowest BCUT2D eigenvalue weighted by Crippen LogP contribution is -2.46. The van der Waals surface area contributed by atoms with E-state index in [2.05, 4.69) is 24.8 Å². The first-order chi connectivity index (χ1) is 13.6. The van der Waals surface area contributed by atoms with E-state index in [0.717, 1.165) is 0 Å². The molecule has 3 rings (SSSR count). The van der Waals surface area contributed by atoms with Crippen LogP contribution in [0.25, 0.3) is 11.2 Å². The number of hydrogen-bond acceptors (Lipinski definition) is 11. The van der Waals surface area contributed by atoms with Gasteiger partial charge < -0.3 is 35.6 Å². The van der Waals surface area contributed by atoms with Crippen molar-refractivity contribution in [3.05, 3.63) is 12.7 Å². The second-order valence-corrected chi connectivity index (χ2v) is 7.45. The van der Waals surface area contributed by atoms with Crippen LogP contribution in [0.4, 0.5) is 5.82 Å². The van der Waals surface area contributed by atoms with E-state index in [0.29, 0.717) is 0 Å². The highest BCUT2D eigenvalue weighted by Gasteiger charge is 2.44. The Morgan fingerprint density at radius 3 is 2.72 bits per heavy atom. The molecular weight excluding hydrogens is 415 g/mol. The Labute approximate surface area is 162 Å². The van der Waals surface area contributed by atoms with E-state index in [1.807, 2.05) is 0 Å². The molecule has 1 fully saturated rings. The van der Waals surface area contributed by atoms with Crippen LogP contribution in [-0.2, 0) is 18.6 Å². The largest absolute Gasteiger partial charge is 0.480 e. The van der Waals surface area contributed by atoms with Gasteiger partial charge in [0, 0.05) is 6.54 Å². The zero-order valence-corrected chi connectivity index (χ0v) is 15.5. The molecule has 0 aromatic carbocycles. The number of carbonyl (C=O) groups is 1. The molecule has 0 aliphatic carbocycles. The number of anilines is 1. The molecule has 0 amide bonds. The minimum atomic E-state index is -4.86. The van der Waals surface area contributed by atoms with E-state index in [1.54, 1.807) is 0 Å². The number of phosphoric acid groups is 1. The minimum absolute atomic E-state index is 0.120. The maximum Gasteiger partial charge on any atom is 0.469 e. The van der Waals surface area contributed by atoms with Gasteiger partial charge in [-0.2, -0.15) is 0 Å². The van der Waals surface area contributed by atoms with Gasteiger partial charge in [0.25, 0.3) is 0 Å². The van der Waals surface area contributed by atoms with E-state index >= 15 is 0 Å². The van der Waals surface area contributed by atoms with Crippen molar-refractivity contribution >= 4 is 30.8 Å². The summed E-state index contributed by atoms with van der Waals surface area (Å²) in [5, 5.41) is 32.2. The van der Waals surface area contributed by atoms with Gasteiger partial charge in [0.05, 0.1) is 12.9 Å². The highest BCUT2D eigenvalue weighted by atomic mass is 31.2. The molecule has 2 aromatic rings. The van der Waals surface area contributed by atoms with Crippen molar-refractivity contribution < 1.29 is 43.7 Å². The van der Waals surface area contributed by atoms with Gasteiger partial charge in [-0.1, -0.05) is 0 Å². The number of aliphatic hydroxyl groups excluding tert-OH is 2. The molecular formula is C13H19N6O9P. The summed E-state index contributed by atoms with van der Waals surface area (Å²) >= 11 is 0. The second-order valence-electron chi connectivity index (χ2n) is 6.21. The maximum atomic E-state index is 11.2. The molecule has 2 aromatic heterocycles. The number of nitrogens with zero attached hydrogens (tertiary/aromatic N) is 4. The molecule has 0 bridgehead atoms. The summed E-state index contributed by atoms with van der Waals surface area (Å²) in [7, 11) is -4.86. The number of hydrogen-bond donors (Lipinski definition) is 7. The van der Waals surface area contributed by atoms with Gasteiger partial charge in [0.2, 0.25) is 0 Å². The third-order valence-corrected chi connectivity index (χ3v) is 4.76. The highest BCUT2D eigenvalue weighted by molar-refractivity contribution is 7.46. The van der Waals surface area contributed by atoms with Crippen molar-refractivity contribution in [2.45, 2.75) is 30.6 Å². The van der Waals surface area contributed by atoms with Crippen LogP contribution >= 0.6 is 7.82 Å². The van der Waals surface area contributed by atoms with Crippen LogP contribution in [-0.4, -0.2) is 88.1 Å². The molecule has 15 nitrogen and oxygen atoms in total. The average Bonchev–Trinajstić information content (AvgIpc) is 3.17. The van der Waals surface area contributed by atoms with Crippen molar-refractivity contribution in [3.63, 3.8) is 0 Å². The Morgan fingerprint density at radius 1 is 1.34 bits per heavy atom. The van der Waals surface area contributed by atoms with Gasteiger partial charge in [-0.05, 0) is 0 Å². The normalized spacial score (nSPS) is 26.1. The molecule has 16 heteroatoms. The summed E-state index contributed by atoms with van der Waals surface area (Å²) in [4.78, 5) is 40.5. The quantitative estimate of drug-likeness (QED) is 0.208. The molecule has 160 valence electrons. The number of aliphatic carboxylic acids is 1. The molecule has 0 unspecified atom stereocenters. The number of ether oxygens (including phenoxy) is 1. The summed E-state index contributed by atoms with van der Waals surface area (Å²) in [6.45, 7) is -1.09. The molecule has 29 heavy (non-hydrogen) atoms. The molecule has 1 aliphatic heterocycles. The highest BCUT2D eigenvalue weighted by Crippen LogP contribution is 2.36. The number of carboxylic acid groups (broad SMARTS) is 1. The number of nitrogens with two attached hydrogens (primary N) is 1. The maximum absolute atomic E-state index is 11.2. The summed E-state index contributed by atoms with van der Waals surface area (Å²) < 4.78 is 21.9. The lowest BCUT2D eigenvalue weighted by molar-refractivity contribution is -0.140. The number of aromatic nitrogens is 4. The van der Waals surface area contributed by atoms with E-state index < -0.39 is 51.0 Å². The summed E-state index contributed by atoms with van der Waals surface area (Å²) in [5.74, 6) is -1.31. The number of carboxylic acids is 1. The smallest absolute Gasteiger partial charge is 0.469 e. The van der Waals surface area contributed by atoms with Gasteiger partial charge in [-0.15, -0.1) is 0 Å². The summed E-state index contributed by atoms with van der Waals surface area (Å²) in [6.07, 6.45) is -2.44. The predicted molar refractivity (Wildman–Crippen MR) is 93.1 cm³/mol. The number of phosphoric ester groups is 1. The molecule has 1 aliphatic rings. The second kappa shape index (κ2) is 8.25. The lowest BCUT2D eigenvalue weighted by Gasteiger charge is -2.19. The van der Waals surface area contributed by atoms with E-state index in [9.17, 15) is 19.6 Å². The van der Waals surface area contributed by atoms with Gasteiger partial charge in [-0.3, -0.25) is 19.2 Å². The predicted octanol–water partition coefficient (Wildman–Crippen LogP) is -2.82. The molecule has 8 N–H and O–H groups in total. The van der Waals surface area contributed by atoms with Crippen LogP contribution in [0.15, 0.2) is 12.7 Å². The molecule has 0 radical (unpaired) electrons. The third kappa shape index (κ3) is 4.68. The fourth-order valence-corrected chi connectivity index (χ4v) is 3.17. The molecule has 1 saturated heterocycles. The first-order valence-electron chi connectivity index (χ1n) is 8.19. The van der Waals surface area contributed by atoms with Crippen LogP contribution in [0, 0.1) is 0 Å². The van der Waals surface area contributed by atoms with Gasteiger partial charge in [0.1, 0.15) is 36.2 Å². The Balaban J connectivity index is 1.69. The van der Waals surface area contributed by atoms with Crippen LogP contribution in [0.1, 0.15) is 6.23 Å². The molecule has 3 heterocycles. The van der Waals surface area contributed by atoms with E-state index in [4.69, 9.17) is 25.4 Å². The number of fused-ring (bicyclic) bond motifs is 1. The van der Waals surface area contributed by atoms with Gasteiger partial charge >= 0.3 is 13.8 Å². The topological polar surface area (TPSA) is 235 Å². The SMILES string of the molecule is Nc1ncnc2c1ncn2[C@@H]1O[C@H](CN[C@@H](COP(=O)(O)O)C(=O)O)[C@@H](O)[C@H]1O. The van der Waals surface area contributed by atoms with Crippen molar-refractivity contribution in [2.24, 2.45) is 0 Å². The van der Waals surface area contributed by atoms with Crippen molar-refractivity contribution in [1.82, 2.24) is 24.8 Å². The van der Waals surface area contributed by atoms with Crippen LogP contribution in [0.5, 0.6) is 0 Å². The molecule has 5 atom stereocenters. The van der Waals surface area contributed by atoms with Crippen LogP contribution in [0.3, 0.4) is 0 Å². The van der Waals surface area contributed by atoms with Crippen LogP contribution in [0.2, 0.25) is 0 Å². The van der Waals surface area contributed by atoms with E-state index in [-0.39, 0.29) is 23.5 Å². The number of nitrogens with one attached hydrogen (secondary N) is 1. The lowest BCUT2D eigenvalue weighted by atomic mass is 10.1. The molecule has 0 saturated carbocycles.